The molecule has 2 atom stereocenters. The Morgan fingerprint density at radius 2 is 1.52 bits per heavy atom. The number of halogens is 3. The molecule has 3 aromatic carbocycles. The molecule has 0 aliphatic heterocycles. The van der Waals surface area contributed by atoms with Crippen LogP contribution in [0, 0.1) is 58.6 Å². The first kappa shape index (κ1) is 46.0. The van der Waals surface area contributed by atoms with Crippen molar-refractivity contribution in [1.82, 2.24) is 0 Å². The second kappa shape index (κ2) is 19.4. The Labute approximate surface area is 349 Å². The summed E-state index contributed by atoms with van der Waals surface area (Å²) in [4.78, 5) is 0. The summed E-state index contributed by atoms with van der Waals surface area (Å²) in [5.74, 6) is 2.24. The van der Waals surface area contributed by atoms with Gasteiger partial charge in [-0.1, -0.05) is 125 Å². The normalized spacial score (nSPS) is 22.6. The van der Waals surface area contributed by atoms with Crippen molar-refractivity contribution in [2.45, 2.75) is 88.0 Å². The standard InChI is InChI=1S/C29H37.C7H7.C6H4Cl.C5H5.CH2.2ClH.Zr/c1-18-25-22-17-19-13-9-10-14-20(19)24(22)21-15-11-12-16-23(21)29(25,8)28(6,7)27(4,5)26(18,2)3;1-7-5-3-2-4-6-7;7-6-4-2-1-3-5-6;1-2-4-5-3-1;;;;/h9-11,13-15,23H,12,16-17H2,1-8H3;3-6H,1H3;1-2,4-5H;1-3H,4H2;1H2;2*1H;/q4*-1;;;;. The van der Waals surface area contributed by atoms with Crippen molar-refractivity contribution in [2.24, 2.45) is 27.6 Å². The average Bonchev–Trinajstić information content (AvgIpc) is 3.82. The van der Waals surface area contributed by atoms with Gasteiger partial charge in [-0.15, -0.1) is 38.2 Å². The molecule has 0 nitrogen and oxygen atoms in total. The fourth-order valence-electron chi connectivity index (χ4n) is 8.75. The van der Waals surface area contributed by atoms with E-state index >= 15 is 0 Å². The maximum absolute atomic E-state index is 5.51. The Hall–Kier alpha value is -2.15. The molecule has 52 heavy (non-hydrogen) atoms. The van der Waals surface area contributed by atoms with Crippen molar-refractivity contribution >= 4 is 46.2 Å². The van der Waals surface area contributed by atoms with Gasteiger partial charge in [0.15, 0.2) is 0 Å². The molecule has 0 N–H and O–H groups in total. The number of hydrogen-bond donors (Lipinski definition) is 0. The molecule has 5 aliphatic carbocycles. The van der Waals surface area contributed by atoms with Crippen LogP contribution in [-0.2, 0) is 30.7 Å². The molecule has 2 unspecified atom stereocenters. The zero-order chi connectivity index (χ0) is 36.7. The van der Waals surface area contributed by atoms with Gasteiger partial charge < -0.3 is 0 Å². The van der Waals surface area contributed by atoms with Crippen LogP contribution in [0.2, 0.25) is 5.02 Å². The molecule has 278 valence electrons. The topological polar surface area (TPSA) is 0 Å². The molecule has 0 bridgehead atoms. The van der Waals surface area contributed by atoms with Gasteiger partial charge in [-0.05, 0) is 40.6 Å². The molecule has 5 aliphatic rings. The van der Waals surface area contributed by atoms with Gasteiger partial charge in [0.05, 0.1) is 0 Å². The molecule has 8 rings (SSSR count). The van der Waals surface area contributed by atoms with Crippen LogP contribution >= 0.6 is 36.4 Å². The summed E-state index contributed by atoms with van der Waals surface area (Å²) < 4.78 is 3.34. The third kappa shape index (κ3) is 8.70. The molecule has 0 spiro atoms. The van der Waals surface area contributed by atoms with E-state index in [0.717, 1.165) is 17.9 Å². The fraction of sp³-hybridized carbons (Fsp3) is 0.375. The number of aryl methyl sites for hydroxylation is 1. The van der Waals surface area contributed by atoms with E-state index < -0.39 is 0 Å². The van der Waals surface area contributed by atoms with Gasteiger partial charge in [-0.3, -0.25) is 6.08 Å². The van der Waals surface area contributed by atoms with Crippen LogP contribution in [0.3, 0.4) is 0 Å². The van der Waals surface area contributed by atoms with Gasteiger partial charge in [0.2, 0.25) is 0 Å². The van der Waals surface area contributed by atoms with E-state index in [1.807, 2.05) is 54.6 Å². The van der Waals surface area contributed by atoms with Crippen molar-refractivity contribution in [1.29, 1.82) is 0 Å². The molecule has 0 heterocycles. The summed E-state index contributed by atoms with van der Waals surface area (Å²) in [6, 6.07) is 30.0. The van der Waals surface area contributed by atoms with Crippen molar-refractivity contribution in [3.8, 4) is 0 Å². The quantitative estimate of drug-likeness (QED) is 0.198. The monoisotopic (exact) mass is 828 g/mol. The molecular formula is C48H57Cl3Zr-4. The van der Waals surface area contributed by atoms with E-state index in [0.29, 0.717) is 5.92 Å². The first-order valence-electron chi connectivity index (χ1n) is 18.0. The van der Waals surface area contributed by atoms with Crippen LogP contribution in [0.5, 0.6) is 0 Å². The fourth-order valence-corrected chi connectivity index (χ4v) is 8.89. The van der Waals surface area contributed by atoms with Gasteiger partial charge in [-0.2, -0.15) is 95.1 Å². The third-order valence-corrected chi connectivity index (χ3v) is 13.2. The molecule has 4 heteroatoms. The number of hydrogen-bond acceptors (Lipinski definition) is 0. The Morgan fingerprint density at radius 1 is 0.846 bits per heavy atom. The maximum atomic E-state index is 5.51. The van der Waals surface area contributed by atoms with Crippen LogP contribution in [0.4, 0.5) is 0 Å². The number of benzene rings is 3. The number of fused-ring (bicyclic) bond motifs is 6. The van der Waals surface area contributed by atoms with Crippen LogP contribution in [0.1, 0.15) is 91.3 Å². The van der Waals surface area contributed by atoms with Crippen LogP contribution in [-0.4, -0.2) is 4.21 Å². The van der Waals surface area contributed by atoms with Crippen LogP contribution in [0.25, 0.3) is 5.57 Å². The predicted octanol–water partition coefficient (Wildman–Crippen LogP) is 14.0. The van der Waals surface area contributed by atoms with E-state index in [1.54, 1.807) is 34.3 Å². The minimum absolute atomic E-state index is 0. The summed E-state index contributed by atoms with van der Waals surface area (Å²) in [5.41, 5.74) is 11.6. The Kier molecular flexibility index (Phi) is 17.2. The van der Waals surface area contributed by atoms with E-state index in [9.17, 15) is 0 Å². The summed E-state index contributed by atoms with van der Waals surface area (Å²) in [6.45, 7) is 22.4. The average molecular weight is 832 g/mol. The van der Waals surface area contributed by atoms with E-state index in [4.69, 9.17) is 11.6 Å². The van der Waals surface area contributed by atoms with Gasteiger partial charge in [0.1, 0.15) is 0 Å². The molecule has 3 aromatic rings. The molecule has 0 aromatic heterocycles. The first-order valence-corrected chi connectivity index (χ1v) is 20.1. The summed E-state index contributed by atoms with van der Waals surface area (Å²) in [6.07, 6.45) is 18.5. The van der Waals surface area contributed by atoms with E-state index in [-0.39, 0.29) is 46.5 Å². The Balaban J connectivity index is 0.000000331. The molecule has 1 fully saturated rings. The second-order valence-electron chi connectivity index (χ2n) is 15.6. The SMILES string of the molecule is C[C-]1C2=C3Cc4ccccc4C3=C3C=CCCC3C2(C)C(C)(C)C(C)(C)C1(C)C.Cc1cc[c-]cc1.Cl.Cl.Clc1c[c-]ccc1.[C-]1=CC=CC1.[CH2]=[Zr]. The van der Waals surface area contributed by atoms with Crippen molar-refractivity contribution in [2.75, 3.05) is 0 Å². The van der Waals surface area contributed by atoms with Crippen molar-refractivity contribution < 1.29 is 24.2 Å². The molecule has 0 amide bonds. The molecule has 1 saturated carbocycles. The molecule has 0 radical (unpaired) electrons. The van der Waals surface area contributed by atoms with Crippen LogP contribution < -0.4 is 0 Å². The Morgan fingerprint density at radius 3 is 2.02 bits per heavy atom. The van der Waals surface area contributed by atoms with Crippen molar-refractivity contribution in [3.63, 3.8) is 0 Å². The zero-order valence-corrected chi connectivity index (χ0v) is 37.5. The van der Waals surface area contributed by atoms with Gasteiger partial charge in [0, 0.05) is 0 Å². The molecular weight excluding hydrogens is 774 g/mol. The summed E-state index contributed by atoms with van der Waals surface area (Å²) >= 11 is 6.81. The van der Waals surface area contributed by atoms with Crippen molar-refractivity contribution in [3.05, 3.63) is 166 Å². The van der Waals surface area contributed by atoms with E-state index in [1.165, 1.54) is 53.8 Å². The first-order chi connectivity index (χ1) is 23.8. The Bertz CT molecular complexity index is 1710. The zero-order valence-electron chi connectivity index (χ0n) is 32.6. The number of allylic oxidation sites excluding steroid dienone is 10. The molecule has 0 saturated heterocycles. The number of rotatable bonds is 0. The third-order valence-electron chi connectivity index (χ3n) is 12.9. The van der Waals surface area contributed by atoms with Gasteiger partial charge >= 0.3 is 28.4 Å². The van der Waals surface area contributed by atoms with Gasteiger partial charge in [-0.25, -0.2) is 18.1 Å². The summed E-state index contributed by atoms with van der Waals surface area (Å²) in [5, 5.41) is 0.738. The van der Waals surface area contributed by atoms with Gasteiger partial charge in [0.25, 0.3) is 0 Å². The van der Waals surface area contributed by atoms with E-state index in [2.05, 4.69) is 127 Å². The van der Waals surface area contributed by atoms with Crippen LogP contribution in [0.15, 0.2) is 120 Å². The predicted molar refractivity (Wildman–Crippen MR) is 228 cm³/mol. The minimum atomic E-state index is 0. The summed E-state index contributed by atoms with van der Waals surface area (Å²) in [7, 11) is 0. The second-order valence-corrected chi connectivity index (χ2v) is 16.0.